The number of thioether (sulfide) groups is 1. The van der Waals surface area contributed by atoms with Crippen LogP contribution in [-0.2, 0) is 11.4 Å². The van der Waals surface area contributed by atoms with Crippen LogP contribution in [0.15, 0.2) is 82.7 Å². The normalized spacial score (nSPS) is 15.9. The van der Waals surface area contributed by atoms with E-state index in [9.17, 15) is 4.79 Å². The third-order valence-electron chi connectivity index (χ3n) is 4.41. The van der Waals surface area contributed by atoms with Crippen molar-refractivity contribution in [2.24, 2.45) is 4.99 Å². The van der Waals surface area contributed by atoms with Crippen LogP contribution in [0.5, 0.6) is 11.5 Å². The summed E-state index contributed by atoms with van der Waals surface area (Å²) in [6.45, 7) is 0.430. The van der Waals surface area contributed by atoms with Gasteiger partial charge in [-0.05, 0) is 81.9 Å². The van der Waals surface area contributed by atoms with Crippen LogP contribution < -0.4 is 14.8 Å². The quantitative estimate of drug-likeness (QED) is 0.318. The van der Waals surface area contributed by atoms with E-state index in [0.29, 0.717) is 28.2 Å². The lowest BCUT2D eigenvalue weighted by atomic mass is 10.2. The Bertz CT molecular complexity index is 1160. The van der Waals surface area contributed by atoms with Crippen molar-refractivity contribution in [3.05, 3.63) is 92.4 Å². The number of ether oxygens (including phenoxy) is 2. The Balaban J connectivity index is 1.53. The lowest BCUT2D eigenvalue weighted by Gasteiger charge is -2.11. The summed E-state index contributed by atoms with van der Waals surface area (Å²) in [5, 5.41) is 3.39. The Morgan fingerprint density at radius 2 is 1.87 bits per heavy atom. The van der Waals surface area contributed by atoms with Crippen LogP contribution >= 0.6 is 34.4 Å². The monoisotopic (exact) mass is 542 g/mol. The van der Waals surface area contributed by atoms with Crippen molar-refractivity contribution in [2.45, 2.75) is 6.61 Å². The number of benzene rings is 3. The van der Waals surface area contributed by atoms with E-state index in [1.807, 2.05) is 78.9 Å². The van der Waals surface area contributed by atoms with E-state index in [0.717, 1.165) is 20.4 Å². The highest BCUT2D eigenvalue weighted by Gasteiger charge is 2.24. The fourth-order valence-electron chi connectivity index (χ4n) is 2.93. The van der Waals surface area contributed by atoms with Gasteiger partial charge in [-0.25, -0.2) is 4.99 Å². The third kappa shape index (κ3) is 5.68. The molecule has 0 atom stereocenters. The second-order valence-electron chi connectivity index (χ2n) is 6.65. The van der Waals surface area contributed by atoms with Crippen molar-refractivity contribution in [1.82, 2.24) is 5.32 Å². The van der Waals surface area contributed by atoms with Crippen molar-refractivity contribution in [3.8, 4) is 11.5 Å². The van der Waals surface area contributed by atoms with Crippen LogP contribution in [0.1, 0.15) is 11.1 Å². The SMILES string of the molecule is COc1ccc(/C=C2/SC(=Nc3cccc(I)c3)NC2=O)cc1OCc1ccccc1. The molecule has 7 heteroatoms. The molecule has 156 valence electrons. The Kier molecular flexibility index (Phi) is 6.93. The van der Waals surface area contributed by atoms with E-state index in [4.69, 9.17) is 9.47 Å². The summed E-state index contributed by atoms with van der Waals surface area (Å²) in [4.78, 5) is 17.5. The van der Waals surface area contributed by atoms with Gasteiger partial charge in [-0.2, -0.15) is 0 Å². The number of rotatable bonds is 6. The summed E-state index contributed by atoms with van der Waals surface area (Å²) in [5.41, 5.74) is 2.71. The predicted octanol–water partition coefficient (Wildman–Crippen LogP) is 5.77. The molecule has 0 bridgehead atoms. The zero-order valence-corrected chi connectivity index (χ0v) is 19.6. The van der Waals surface area contributed by atoms with Crippen LogP contribution in [0.2, 0.25) is 0 Å². The summed E-state index contributed by atoms with van der Waals surface area (Å²) < 4.78 is 12.5. The van der Waals surface area contributed by atoms with Crippen molar-refractivity contribution in [3.63, 3.8) is 0 Å². The first-order valence-electron chi connectivity index (χ1n) is 9.50. The molecular formula is C24H19IN2O3S. The Morgan fingerprint density at radius 1 is 1.03 bits per heavy atom. The fourth-order valence-corrected chi connectivity index (χ4v) is 4.29. The number of amides is 1. The lowest BCUT2D eigenvalue weighted by Crippen LogP contribution is -2.19. The number of nitrogens with zero attached hydrogens (tertiary/aromatic N) is 1. The molecule has 31 heavy (non-hydrogen) atoms. The van der Waals surface area contributed by atoms with Crippen molar-refractivity contribution in [2.75, 3.05) is 7.11 Å². The van der Waals surface area contributed by atoms with Crippen molar-refractivity contribution < 1.29 is 14.3 Å². The van der Waals surface area contributed by atoms with Gasteiger partial charge in [-0.3, -0.25) is 4.79 Å². The van der Waals surface area contributed by atoms with E-state index >= 15 is 0 Å². The maximum absolute atomic E-state index is 12.4. The molecule has 3 aromatic rings. The van der Waals surface area contributed by atoms with Gasteiger partial charge in [0.05, 0.1) is 17.7 Å². The number of aliphatic imine (C=N–C) groups is 1. The third-order valence-corrected chi connectivity index (χ3v) is 5.99. The second kappa shape index (κ2) is 10.0. The molecule has 1 fully saturated rings. The van der Waals surface area contributed by atoms with E-state index < -0.39 is 0 Å². The molecule has 0 unspecified atom stereocenters. The first-order valence-corrected chi connectivity index (χ1v) is 11.4. The summed E-state index contributed by atoms with van der Waals surface area (Å²) in [5.74, 6) is 1.09. The number of nitrogens with one attached hydrogen (secondary N) is 1. The number of carbonyl (C=O) groups excluding carboxylic acids is 1. The molecule has 3 aromatic carbocycles. The van der Waals surface area contributed by atoms with Crippen molar-refractivity contribution >= 4 is 57.2 Å². The van der Waals surface area contributed by atoms with Gasteiger partial charge in [0.25, 0.3) is 5.91 Å². The molecule has 0 radical (unpaired) electrons. The molecular weight excluding hydrogens is 523 g/mol. The highest BCUT2D eigenvalue weighted by atomic mass is 127. The molecule has 1 aliphatic rings. The number of carbonyl (C=O) groups is 1. The summed E-state index contributed by atoms with van der Waals surface area (Å²) >= 11 is 3.55. The van der Waals surface area contributed by atoms with Gasteiger partial charge in [0.1, 0.15) is 6.61 Å². The van der Waals surface area contributed by atoms with Gasteiger partial charge in [0.2, 0.25) is 0 Å². The van der Waals surface area contributed by atoms with E-state index in [2.05, 4.69) is 32.9 Å². The minimum absolute atomic E-state index is 0.169. The topological polar surface area (TPSA) is 59.9 Å². The Labute approximate surface area is 198 Å². The number of halogens is 1. The average molecular weight is 542 g/mol. The van der Waals surface area contributed by atoms with Gasteiger partial charge >= 0.3 is 0 Å². The van der Waals surface area contributed by atoms with Gasteiger partial charge in [-0.1, -0.05) is 42.5 Å². The zero-order valence-electron chi connectivity index (χ0n) is 16.7. The van der Waals surface area contributed by atoms with Crippen LogP contribution in [-0.4, -0.2) is 18.2 Å². The highest BCUT2D eigenvalue weighted by molar-refractivity contribution is 14.1. The molecule has 0 aromatic heterocycles. The average Bonchev–Trinajstić information content (AvgIpc) is 3.11. The predicted molar refractivity (Wildman–Crippen MR) is 134 cm³/mol. The highest BCUT2D eigenvalue weighted by Crippen LogP contribution is 2.32. The standard InChI is InChI=1S/C24H19IN2O3S/c1-29-20-11-10-17(12-21(20)30-15-16-6-3-2-4-7-16)13-22-23(28)27-24(31-22)26-19-9-5-8-18(25)14-19/h2-14H,15H2,1H3,(H,26,27,28)/b22-13+. The van der Waals surface area contributed by atoms with Crippen LogP contribution in [0.3, 0.4) is 0 Å². The maximum atomic E-state index is 12.4. The molecule has 1 heterocycles. The number of methoxy groups -OCH3 is 1. The van der Waals surface area contributed by atoms with Crippen LogP contribution in [0.25, 0.3) is 6.08 Å². The van der Waals surface area contributed by atoms with Crippen LogP contribution in [0.4, 0.5) is 5.69 Å². The number of amidine groups is 1. The molecule has 1 amide bonds. The second-order valence-corrected chi connectivity index (χ2v) is 8.92. The minimum atomic E-state index is -0.169. The first kappa shape index (κ1) is 21.5. The van der Waals surface area contributed by atoms with Gasteiger partial charge in [0, 0.05) is 3.57 Å². The molecule has 1 aliphatic heterocycles. The molecule has 0 aliphatic carbocycles. The first-order chi connectivity index (χ1) is 15.1. The van der Waals surface area contributed by atoms with E-state index in [-0.39, 0.29) is 5.91 Å². The largest absolute Gasteiger partial charge is 0.493 e. The lowest BCUT2D eigenvalue weighted by molar-refractivity contribution is -0.115. The van der Waals surface area contributed by atoms with Crippen molar-refractivity contribution in [1.29, 1.82) is 0 Å². The molecule has 4 rings (SSSR count). The van der Waals surface area contributed by atoms with Crippen LogP contribution in [0, 0.1) is 3.57 Å². The summed E-state index contributed by atoms with van der Waals surface area (Å²) in [6.07, 6.45) is 1.83. The molecule has 1 N–H and O–H groups in total. The number of hydrogen-bond acceptors (Lipinski definition) is 5. The van der Waals surface area contributed by atoms with Gasteiger partial charge in [-0.15, -0.1) is 0 Å². The Morgan fingerprint density at radius 3 is 2.65 bits per heavy atom. The molecule has 0 saturated carbocycles. The van der Waals surface area contributed by atoms with Gasteiger partial charge < -0.3 is 14.8 Å². The summed E-state index contributed by atoms with van der Waals surface area (Å²) in [7, 11) is 1.61. The molecule has 5 nitrogen and oxygen atoms in total. The van der Waals surface area contributed by atoms with Gasteiger partial charge in [0.15, 0.2) is 16.7 Å². The van der Waals surface area contributed by atoms with E-state index in [1.54, 1.807) is 7.11 Å². The van der Waals surface area contributed by atoms with E-state index in [1.165, 1.54) is 11.8 Å². The Hall–Kier alpha value is -2.78. The molecule has 1 saturated heterocycles. The molecule has 0 spiro atoms. The smallest absolute Gasteiger partial charge is 0.264 e. The fraction of sp³-hybridized carbons (Fsp3) is 0.0833. The summed E-state index contributed by atoms with van der Waals surface area (Å²) in [6, 6.07) is 23.3. The minimum Gasteiger partial charge on any atom is -0.493 e. The zero-order chi connectivity index (χ0) is 21.6. The maximum Gasteiger partial charge on any atom is 0.264 e. The number of hydrogen-bond donors (Lipinski definition) is 1.